The first-order chi connectivity index (χ1) is 15.4. The number of hydrogen-bond donors (Lipinski definition) is 1. The average molecular weight is 461 g/mol. The first-order valence-electron chi connectivity index (χ1n) is 10.0. The highest BCUT2D eigenvalue weighted by Gasteiger charge is 2.29. The molecule has 8 nitrogen and oxygen atoms in total. The lowest BCUT2D eigenvalue weighted by atomic mass is 9.92. The summed E-state index contributed by atoms with van der Waals surface area (Å²) in [5.41, 5.74) is 1.71. The molecule has 4 rings (SSSR count). The lowest BCUT2D eigenvalue weighted by Gasteiger charge is -2.29. The van der Waals surface area contributed by atoms with Crippen molar-refractivity contribution in [2.45, 2.75) is 36.2 Å². The minimum Gasteiger partial charge on any atom is -0.497 e. The van der Waals surface area contributed by atoms with Gasteiger partial charge in [0.25, 0.3) is 0 Å². The molecule has 168 valence electrons. The number of methoxy groups -OCH3 is 1. The van der Waals surface area contributed by atoms with Gasteiger partial charge in [-0.05, 0) is 31.4 Å². The van der Waals surface area contributed by atoms with Gasteiger partial charge in [0, 0.05) is 17.5 Å². The Balaban J connectivity index is 1.82. The molecule has 0 radical (unpaired) electrons. The van der Waals surface area contributed by atoms with Crippen molar-refractivity contribution in [3.8, 4) is 23.3 Å². The van der Waals surface area contributed by atoms with E-state index in [0.717, 1.165) is 42.6 Å². The molecular formula is C21H21F2N5O3S. The maximum atomic E-state index is 12.7. The number of alkyl halides is 2. The van der Waals surface area contributed by atoms with Crippen molar-refractivity contribution in [2.75, 3.05) is 20.5 Å². The third kappa shape index (κ3) is 3.80. The van der Waals surface area contributed by atoms with Crippen molar-refractivity contribution in [2.24, 2.45) is 0 Å². The van der Waals surface area contributed by atoms with Crippen LogP contribution in [0.15, 0.2) is 35.5 Å². The molecule has 32 heavy (non-hydrogen) atoms. The van der Waals surface area contributed by atoms with Gasteiger partial charge in [0.05, 0.1) is 36.6 Å². The van der Waals surface area contributed by atoms with Crippen molar-refractivity contribution in [1.82, 2.24) is 19.3 Å². The van der Waals surface area contributed by atoms with Crippen LogP contribution in [0.3, 0.4) is 0 Å². The molecule has 2 aromatic heterocycles. The van der Waals surface area contributed by atoms with Gasteiger partial charge in [0.15, 0.2) is 5.82 Å². The summed E-state index contributed by atoms with van der Waals surface area (Å²) in [4.78, 5) is 8.08. The Morgan fingerprint density at radius 2 is 1.97 bits per heavy atom. The molecule has 0 amide bonds. The van der Waals surface area contributed by atoms with E-state index in [2.05, 4.69) is 16.0 Å². The van der Waals surface area contributed by atoms with E-state index in [1.54, 1.807) is 13.2 Å². The number of nitrogens with zero attached hydrogens (tertiary/aromatic N) is 4. The van der Waals surface area contributed by atoms with Crippen LogP contribution >= 0.6 is 0 Å². The molecule has 0 spiro atoms. The highest BCUT2D eigenvalue weighted by atomic mass is 32.2. The fourth-order valence-corrected chi connectivity index (χ4v) is 4.83. The third-order valence-electron chi connectivity index (χ3n) is 5.61. The van der Waals surface area contributed by atoms with Crippen LogP contribution in [-0.2, 0) is 10.0 Å². The zero-order valence-electron chi connectivity index (χ0n) is 17.3. The molecule has 0 atom stereocenters. The van der Waals surface area contributed by atoms with Gasteiger partial charge in [-0.15, -0.1) is 0 Å². The van der Waals surface area contributed by atoms with E-state index in [-0.39, 0.29) is 16.8 Å². The minimum absolute atomic E-state index is 0.158. The number of nitriles is 1. The monoisotopic (exact) mass is 461 g/mol. The summed E-state index contributed by atoms with van der Waals surface area (Å²) in [6.45, 7) is -2.35. The second kappa shape index (κ2) is 8.80. The minimum atomic E-state index is -4.20. The molecule has 3 aromatic rings. The van der Waals surface area contributed by atoms with Crippen molar-refractivity contribution in [1.29, 1.82) is 5.26 Å². The highest BCUT2D eigenvalue weighted by Crippen LogP contribution is 2.42. The topological polar surface area (TPSA) is 110 Å². The van der Waals surface area contributed by atoms with Crippen LogP contribution in [0.1, 0.15) is 30.9 Å². The van der Waals surface area contributed by atoms with E-state index in [9.17, 15) is 22.5 Å². The third-order valence-corrected chi connectivity index (χ3v) is 7.08. The molecule has 0 bridgehead atoms. The molecule has 2 heterocycles. The Labute approximate surface area is 183 Å². The van der Waals surface area contributed by atoms with E-state index < -0.39 is 29.4 Å². The number of rotatable bonds is 8. The summed E-state index contributed by atoms with van der Waals surface area (Å²) in [6.07, 6.45) is 5.07. The van der Waals surface area contributed by atoms with E-state index in [4.69, 9.17) is 4.74 Å². The molecule has 1 aromatic carbocycles. The van der Waals surface area contributed by atoms with E-state index in [1.165, 1.54) is 0 Å². The predicted molar refractivity (Wildman–Crippen MR) is 113 cm³/mol. The van der Waals surface area contributed by atoms with Gasteiger partial charge in [-0.2, -0.15) is 5.26 Å². The standard InChI is InChI=1S/C21H21F2N5O3S/c1-31-15-5-6-17-18(10-24)20(28(19(17)7-15)14-3-2-4-14)21-25-11-16(12-26-21)32(29,30)27-13(8-22)9-23/h5-7,11-14,27H,2-4,8-9H2,1H3. The number of fused-ring (bicyclic) bond motifs is 1. The van der Waals surface area contributed by atoms with Crippen LogP contribution in [0.5, 0.6) is 5.75 Å². The molecule has 1 N–H and O–H groups in total. The lowest BCUT2D eigenvalue weighted by molar-refractivity contribution is 0.323. The fraction of sp³-hybridized carbons (Fsp3) is 0.381. The maximum absolute atomic E-state index is 12.7. The Hall–Kier alpha value is -3.10. The van der Waals surface area contributed by atoms with Gasteiger partial charge in [0.1, 0.15) is 35.8 Å². The number of sulfonamides is 1. The molecule has 0 saturated heterocycles. The molecule has 1 aliphatic carbocycles. The Bertz CT molecular complexity index is 1280. The molecular weight excluding hydrogens is 440 g/mol. The molecule has 1 fully saturated rings. The van der Waals surface area contributed by atoms with Gasteiger partial charge in [-0.1, -0.05) is 0 Å². The van der Waals surface area contributed by atoms with Crippen LogP contribution in [0, 0.1) is 11.3 Å². The number of halogens is 2. The largest absolute Gasteiger partial charge is 0.497 e. The van der Waals surface area contributed by atoms with Gasteiger partial charge < -0.3 is 9.30 Å². The molecule has 1 saturated carbocycles. The first-order valence-corrected chi connectivity index (χ1v) is 11.5. The Morgan fingerprint density at radius 3 is 2.50 bits per heavy atom. The summed E-state index contributed by atoms with van der Waals surface area (Å²) in [7, 11) is -2.63. The molecule has 11 heteroatoms. The number of benzene rings is 1. The van der Waals surface area contributed by atoms with Crippen molar-refractivity contribution in [3.63, 3.8) is 0 Å². The summed E-state index contributed by atoms with van der Waals surface area (Å²) >= 11 is 0. The maximum Gasteiger partial charge on any atom is 0.244 e. The van der Waals surface area contributed by atoms with Gasteiger partial charge >= 0.3 is 0 Å². The van der Waals surface area contributed by atoms with Crippen LogP contribution in [-0.4, -0.2) is 49.5 Å². The SMILES string of the molecule is COc1ccc2c(C#N)c(-c3ncc(S(=O)(=O)NC(CF)CF)cn3)n(C3CCC3)c2c1. The zero-order valence-corrected chi connectivity index (χ0v) is 18.1. The summed E-state index contributed by atoms with van der Waals surface area (Å²) in [6, 6.07) is 6.35. The summed E-state index contributed by atoms with van der Waals surface area (Å²) in [5.74, 6) is 0.838. The molecule has 0 aliphatic heterocycles. The van der Waals surface area contributed by atoms with Gasteiger partial charge in [0.2, 0.25) is 10.0 Å². The summed E-state index contributed by atoms with van der Waals surface area (Å²) < 4.78 is 59.6. The van der Waals surface area contributed by atoms with Crippen molar-refractivity contribution >= 4 is 20.9 Å². The van der Waals surface area contributed by atoms with Gasteiger partial charge in [-0.25, -0.2) is 31.9 Å². The van der Waals surface area contributed by atoms with Crippen LogP contribution in [0.25, 0.3) is 22.4 Å². The number of aromatic nitrogens is 3. The quantitative estimate of drug-likeness (QED) is 0.551. The Morgan fingerprint density at radius 1 is 1.28 bits per heavy atom. The lowest BCUT2D eigenvalue weighted by Crippen LogP contribution is -2.38. The second-order valence-corrected chi connectivity index (χ2v) is 9.26. The normalized spacial score (nSPS) is 14.5. The van der Waals surface area contributed by atoms with Crippen LogP contribution in [0.2, 0.25) is 0 Å². The number of hydrogen-bond acceptors (Lipinski definition) is 6. The van der Waals surface area contributed by atoms with Crippen LogP contribution in [0.4, 0.5) is 8.78 Å². The van der Waals surface area contributed by atoms with E-state index in [1.807, 2.05) is 21.4 Å². The number of ether oxygens (including phenoxy) is 1. The van der Waals surface area contributed by atoms with Crippen LogP contribution < -0.4 is 9.46 Å². The van der Waals surface area contributed by atoms with Gasteiger partial charge in [-0.3, -0.25) is 0 Å². The first kappa shape index (κ1) is 22.1. The number of nitrogens with one attached hydrogen (secondary N) is 1. The summed E-state index contributed by atoms with van der Waals surface area (Å²) in [5, 5.41) is 10.6. The Kier molecular flexibility index (Phi) is 6.08. The van der Waals surface area contributed by atoms with E-state index in [0.29, 0.717) is 17.0 Å². The highest BCUT2D eigenvalue weighted by molar-refractivity contribution is 7.89. The molecule has 1 aliphatic rings. The van der Waals surface area contributed by atoms with Crippen molar-refractivity contribution < 1.29 is 21.9 Å². The smallest absolute Gasteiger partial charge is 0.244 e. The van der Waals surface area contributed by atoms with E-state index >= 15 is 0 Å². The average Bonchev–Trinajstić information content (AvgIpc) is 3.09. The predicted octanol–water partition coefficient (Wildman–Crippen LogP) is 3.29. The molecule has 0 unspecified atom stereocenters. The van der Waals surface area contributed by atoms with Crippen molar-refractivity contribution in [3.05, 3.63) is 36.2 Å². The zero-order chi connectivity index (χ0) is 22.9. The fourth-order valence-electron chi connectivity index (χ4n) is 3.74. The second-order valence-electron chi connectivity index (χ2n) is 7.54.